The number of hydrogen-bond donors (Lipinski definition) is 3. The number of carbonyl (C=O) groups is 1. The van der Waals surface area contributed by atoms with Crippen LogP contribution in [0.5, 0.6) is 0 Å². The van der Waals surface area contributed by atoms with Gasteiger partial charge in [-0.3, -0.25) is 4.90 Å². The minimum absolute atomic E-state index is 0.0465. The molecule has 0 fully saturated rings. The van der Waals surface area contributed by atoms with Gasteiger partial charge in [-0.2, -0.15) is 0 Å². The van der Waals surface area contributed by atoms with Crippen molar-refractivity contribution in [3.63, 3.8) is 0 Å². The lowest BCUT2D eigenvalue weighted by Gasteiger charge is -2.25. The number of carbonyl (C=O) groups excluding carboxylic acids is 1. The fraction of sp³-hybridized carbons (Fsp3) is 0.385. The van der Waals surface area contributed by atoms with Gasteiger partial charge in [0.2, 0.25) is 16.0 Å². The number of urea groups is 1. The molecule has 4 rings (SSSR count). The highest BCUT2D eigenvalue weighted by Gasteiger charge is 2.39. The standard InChI is InChI=1S/C26H34N6O3S/c1-3-5-13-29-26(33)31-14-12-18-15-19(10-11-23(18)31)24(4-2)36(34,35)32-17-22(30-25(32)28)21-9-7-6-8-20(21)16-27/h4,6-11,15,22,24H,2-3,5,12-14,16-17,27H2,1H3,(H2,28,30)(H,29,33). The zero-order valence-corrected chi connectivity index (χ0v) is 21.4. The fourth-order valence-corrected chi connectivity index (χ4v) is 6.47. The van der Waals surface area contributed by atoms with E-state index in [1.807, 2.05) is 36.4 Å². The number of unbranched alkanes of at least 4 members (excludes halogenated alkanes) is 1. The Hall–Kier alpha value is -3.37. The second-order valence-electron chi connectivity index (χ2n) is 9.01. The molecule has 2 aliphatic rings. The maximum atomic E-state index is 13.7. The summed E-state index contributed by atoms with van der Waals surface area (Å²) >= 11 is 0. The molecule has 0 aliphatic carbocycles. The molecule has 2 aromatic carbocycles. The van der Waals surface area contributed by atoms with Crippen molar-refractivity contribution in [2.24, 2.45) is 16.5 Å². The molecule has 2 aliphatic heterocycles. The monoisotopic (exact) mass is 510 g/mol. The van der Waals surface area contributed by atoms with Crippen LogP contribution in [0.25, 0.3) is 0 Å². The number of nitrogens with zero attached hydrogens (tertiary/aromatic N) is 3. The van der Waals surface area contributed by atoms with E-state index in [0.717, 1.165) is 39.5 Å². The predicted octanol–water partition coefficient (Wildman–Crippen LogP) is 2.95. The molecular formula is C26H34N6O3S. The molecule has 0 saturated heterocycles. The number of sulfonamides is 1. The average Bonchev–Trinajstić information content (AvgIpc) is 3.48. The molecule has 0 aromatic heterocycles. The Morgan fingerprint density at radius 2 is 2.08 bits per heavy atom. The molecule has 0 saturated carbocycles. The van der Waals surface area contributed by atoms with Gasteiger partial charge in [0, 0.05) is 25.3 Å². The third-order valence-corrected chi connectivity index (χ3v) is 8.79. The molecule has 9 nitrogen and oxygen atoms in total. The summed E-state index contributed by atoms with van der Waals surface area (Å²) in [6.45, 7) is 7.49. The quantitative estimate of drug-likeness (QED) is 0.352. The van der Waals surface area contributed by atoms with Crippen molar-refractivity contribution in [2.75, 3.05) is 24.5 Å². The number of hydrogen-bond acceptors (Lipinski definition) is 6. The second-order valence-corrected chi connectivity index (χ2v) is 11.0. The first-order chi connectivity index (χ1) is 17.3. The van der Waals surface area contributed by atoms with Crippen LogP contribution < -0.4 is 21.7 Å². The van der Waals surface area contributed by atoms with E-state index in [-0.39, 0.29) is 18.5 Å². The number of fused-ring (bicyclic) bond motifs is 1. The lowest BCUT2D eigenvalue weighted by atomic mass is 10.0. The highest BCUT2D eigenvalue weighted by molar-refractivity contribution is 7.90. The summed E-state index contributed by atoms with van der Waals surface area (Å²) in [6, 6.07) is 12.4. The summed E-state index contributed by atoms with van der Waals surface area (Å²) in [5.74, 6) is -0.0465. The number of rotatable bonds is 9. The molecule has 0 radical (unpaired) electrons. The third-order valence-electron chi connectivity index (χ3n) is 6.74. The van der Waals surface area contributed by atoms with E-state index in [4.69, 9.17) is 11.5 Å². The highest BCUT2D eigenvalue weighted by atomic mass is 32.2. The van der Waals surface area contributed by atoms with Crippen LogP contribution in [-0.4, -0.2) is 44.3 Å². The largest absolute Gasteiger partial charge is 0.369 e. The minimum Gasteiger partial charge on any atom is -0.369 e. The van der Waals surface area contributed by atoms with Gasteiger partial charge < -0.3 is 16.8 Å². The van der Waals surface area contributed by atoms with Gasteiger partial charge in [-0.05, 0) is 41.2 Å². The second kappa shape index (κ2) is 10.7. The molecule has 10 heteroatoms. The Morgan fingerprint density at radius 1 is 1.31 bits per heavy atom. The smallest absolute Gasteiger partial charge is 0.321 e. The Morgan fingerprint density at radius 3 is 2.81 bits per heavy atom. The molecule has 0 bridgehead atoms. The molecule has 2 heterocycles. The van der Waals surface area contributed by atoms with Crippen LogP contribution in [0, 0.1) is 0 Å². The molecule has 36 heavy (non-hydrogen) atoms. The van der Waals surface area contributed by atoms with Gasteiger partial charge in [0.25, 0.3) is 0 Å². The molecule has 2 aromatic rings. The first kappa shape index (κ1) is 25.7. The Kier molecular flexibility index (Phi) is 7.65. The van der Waals surface area contributed by atoms with Gasteiger partial charge in [0.05, 0.1) is 12.6 Å². The van der Waals surface area contributed by atoms with E-state index in [1.54, 1.807) is 11.0 Å². The van der Waals surface area contributed by atoms with Crippen LogP contribution in [0.2, 0.25) is 0 Å². The maximum absolute atomic E-state index is 13.7. The van der Waals surface area contributed by atoms with E-state index in [2.05, 4.69) is 23.8 Å². The highest BCUT2D eigenvalue weighted by Crippen LogP contribution is 2.36. The van der Waals surface area contributed by atoms with Crippen LogP contribution in [0.4, 0.5) is 10.5 Å². The first-order valence-electron chi connectivity index (χ1n) is 12.2. The number of anilines is 1. The van der Waals surface area contributed by atoms with Crippen molar-refractivity contribution < 1.29 is 13.2 Å². The van der Waals surface area contributed by atoms with E-state index in [0.29, 0.717) is 31.6 Å². The van der Waals surface area contributed by atoms with Crippen LogP contribution in [0.15, 0.2) is 60.1 Å². The van der Waals surface area contributed by atoms with Crippen molar-refractivity contribution in [3.05, 3.63) is 77.4 Å². The van der Waals surface area contributed by atoms with Crippen molar-refractivity contribution in [1.82, 2.24) is 9.62 Å². The summed E-state index contributed by atoms with van der Waals surface area (Å²) < 4.78 is 28.6. The maximum Gasteiger partial charge on any atom is 0.321 e. The first-order valence-corrected chi connectivity index (χ1v) is 13.8. The SMILES string of the molecule is C=CC(c1ccc2c(c1)CCN2C(=O)NCCCC)S(=O)(=O)N1CC(c2ccccc2CN)N=C1N. The van der Waals surface area contributed by atoms with Crippen LogP contribution >= 0.6 is 0 Å². The summed E-state index contributed by atoms with van der Waals surface area (Å²) in [4.78, 5) is 18.7. The fourth-order valence-electron chi connectivity index (χ4n) is 4.81. The normalized spacial score (nSPS) is 18.1. The molecule has 2 atom stereocenters. The lowest BCUT2D eigenvalue weighted by Crippen LogP contribution is -2.41. The summed E-state index contributed by atoms with van der Waals surface area (Å²) in [5, 5.41) is 1.93. The number of benzene rings is 2. The van der Waals surface area contributed by atoms with Crippen LogP contribution in [0.3, 0.4) is 0 Å². The Bertz CT molecular complexity index is 1280. The van der Waals surface area contributed by atoms with E-state index in [9.17, 15) is 13.2 Å². The zero-order chi connectivity index (χ0) is 25.9. The molecule has 0 spiro atoms. The number of guanidine groups is 1. The predicted molar refractivity (Wildman–Crippen MR) is 143 cm³/mol. The Labute approximate surface area is 212 Å². The number of nitrogens with one attached hydrogen (secondary N) is 1. The van der Waals surface area contributed by atoms with E-state index >= 15 is 0 Å². The molecular weight excluding hydrogens is 476 g/mol. The van der Waals surface area contributed by atoms with Gasteiger partial charge >= 0.3 is 6.03 Å². The van der Waals surface area contributed by atoms with Crippen LogP contribution in [-0.2, 0) is 23.0 Å². The Balaban J connectivity index is 1.55. The zero-order valence-electron chi connectivity index (χ0n) is 20.6. The van der Waals surface area contributed by atoms with E-state index < -0.39 is 21.3 Å². The van der Waals surface area contributed by atoms with Gasteiger partial charge in [0.15, 0.2) is 0 Å². The van der Waals surface area contributed by atoms with Gasteiger partial charge in [-0.15, -0.1) is 6.58 Å². The summed E-state index contributed by atoms with van der Waals surface area (Å²) in [6.07, 6.45) is 3.99. The molecule has 5 N–H and O–H groups in total. The van der Waals surface area contributed by atoms with Gasteiger partial charge in [-0.1, -0.05) is 55.8 Å². The lowest BCUT2D eigenvalue weighted by molar-refractivity contribution is 0.246. The molecule has 2 unspecified atom stereocenters. The van der Waals surface area contributed by atoms with Crippen molar-refractivity contribution in [1.29, 1.82) is 0 Å². The average molecular weight is 511 g/mol. The van der Waals surface area contributed by atoms with Gasteiger partial charge in [-0.25, -0.2) is 22.5 Å². The van der Waals surface area contributed by atoms with Crippen molar-refractivity contribution in [3.8, 4) is 0 Å². The minimum atomic E-state index is -3.94. The third kappa shape index (κ3) is 4.83. The summed E-state index contributed by atoms with van der Waals surface area (Å²) in [7, 11) is -3.94. The summed E-state index contributed by atoms with van der Waals surface area (Å²) in [5.41, 5.74) is 16.1. The van der Waals surface area contributed by atoms with Crippen molar-refractivity contribution in [2.45, 2.75) is 44.0 Å². The van der Waals surface area contributed by atoms with Crippen LogP contribution in [0.1, 0.15) is 53.3 Å². The molecule has 192 valence electrons. The van der Waals surface area contributed by atoms with E-state index in [1.165, 1.54) is 6.08 Å². The topological polar surface area (TPSA) is 134 Å². The van der Waals surface area contributed by atoms with Crippen molar-refractivity contribution >= 4 is 27.7 Å². The number of amides is 2. The number of nitrogens with two attached hydrogens (primary N) is 2. The molecule has 2 amide bonds. The van der Waals surface area contributed by atoms with Gasteiger partial charge in [0.1, 0.15) is 5.25 Å². The number of aliphatic imine (C=N–C) groups is 1.